The smallest absolute Gasteiger partial charge is 0.176 e. The van der Waals surface area contributed by atoms with Crippen LogP contribution < -0.4 is 0 Å². The molecule has 4 nitrogen and oxygen atoms in total. The number of ketones is 1. The molecule has 1 aliphatic rings. The fourth-order valence-corrected chi connectivity index (χ4v) is 2.78. The Morgan fingerprint density at radius 2 is 2.11 bits per heavy atom. The molecule has 104 valence electrons. The van der Waals surface area contributed by atoms with E-state index in [0.29, 0.717) is 24.1 Å². The Kier molecular flexibility index (Phi) is 4.10. The summed E-state index contributed by atoms with van der Waals surface area (Å²) in [4.78, 5) is 14.4. The Morgan fingerprint density at radius 1 is 1.37 bits per heavy atom. The van der Waals surface area contributed by atoms with Crippen molar-refractivity contribution in [3.8, 4) is 11.5 Å². The summed E-state index contributed by atoms with van der Waals surface area (Å²) in [6.07, 6.45) is 2.28. The number of phenolic OH excluding ortho intramolecular Hbond substituents is 2. The van der Waals surface area contributed by atoms with Crippen molar-refractivity contribution >= 4 is 5.78 Å². The van der Waals surface area contributed by atoms with E-state index in [9.17, 15) is 15.0 Å². The average molecular weight is 263 g/mol. The SMILES string of the molecule is CC(C)C1CCCN1CC(=O)c1ccc(O)c(O)c1. The lowest BCUT2D eigenvalue weighted by Crippen LogP contribution is -2.37. The lowest BCUT2D eigenvalue weighted by atomic mass is 10.0. The molecule has 0 aromatic heterocycles. The minimum Gasteiger partial charge on any atom is -0.504 e. The molecule has 0 amide bonds. The molecular weight excluding hydrogens is 242 g/mol. The molecule has 19 heavy (non-hydrogen) atoms. The number of carbonyl (C=O) groups excluding carboxylic acids is 1. The fourth-order valence-electron chi connectivity index (χ4n) is 2.78. The molecule has 1 aliphatic heterocycles. The number of likely N-dealkylation sites (tertiary alicyclic amines) is 1. The molecule has 0 spiro atoms. The largest absolute Gasteiger partial charge is 0.504 e. The molecular formula is C15H21NO3. The van der Waals surface area contributed by atoms with E-state index in [1.54, 1.807) is 6.07 Å². The first-order valence-electron chi connectivity index (χ1n) is 6.78. The number of hydrogen-bond donors (Lipinski definition) is 2. The molecule has 1 heterocycles. The minimum atomic E-state index is -0.243. The predicted molar refractivity (Wildman–Crippen MR) is 73.5 cm³/mol. The van der Waals surface area contributed by atoms with E-state index < -0.39 is 0 Å². The van der Waals surface area contributed by atoms with Gasteiger partial charge in [-0.2, -0.15) is 0 Å². The summed E-state index contributed by atoms with van der Waals surface area (Å²) in [5.41, 5.74) is 0.449. The first-order valence-corrected chi connectivity index (χ1v) is 6.78. The maximum atomic E-state index is 12.2. The second kappa shape index (κ2) is 5.61. The molecule has 0 saturated carbocycles. The van der Waals surface area contributed by atoms with Gasteiger partial charge in [0.15, 0.2) is 17.3 Å². The van der Waals surface area contributed by atoms with Crippen molar-refractivity contribution in [2.75, 3.05) is 13.1 Å². The Morgan fingerprint density at radius 3 is 2.74 bits per heavy atom. The molecule has 1 aromatic rings. The number of hydrogen-bond acceptors (Lipinski definition) is 4. The maximum Gasteiger partial charge on any atom is 0.176 e. The minimum absolute atomic E-state index is 0.0112. The number of benzene rings is 1. The van der Waals surface area contributed by atoms with E-state index >= 15 is 0 Å². The monoisotopic (exact) mass is 263 g/mol. The van der Waals surface area contributed by atoms with Crippen LogP contribution in [0.3, 0.4) is 0 Å². The molecule has 1 aromatic carbocycles. The first kappa shape index (κ1) is 13.9. The highest BCUT2D eigenvalue weighted by Gasteiger charge is 2.28. The quantitative estimate of drug-likeness (QED) is 0.647. The molecule has 2 rings (SSSR count). The summed E-state index contributed by atoms with van der Waals surface area (Å²) in [7, 11) is 0. The van der Waals surface area contributed by atoms with E-state index in [-0.39, 0.29) is 17.3 Å². The fraction of sp³-hybridized carbons (Fsp3) is 0.533. The van der Waals surface area contributed by atoms with Gasteiger partial charge in [0.25, 0.3) is 0 Å². The third-order valence-corrected chi connectivity index (χ3v) is 3.83. The number of nitrogens with zero attached hydrogens (tertiary/aromatic N) is 1. The highest BCUT2D eigenvalue weighted by atomic mass is 16.3. The maximum absolute atomic E-state index is 12.2. The van der Waals surface area contributed by atoms with Crippen LogP contribution in [0.1, 0.15) is 37.0 Å². The van der Waals surface area contributed by atoms with Crippen LogP contribution in [0.15, 0.2) is 18.2 Å². The predicted octanol–water partition coefficient (Wildman–Crippen LogP) is 2.40. The Labute approximate surface area is 113 Å². The molecule has 0 bridgehead atoms. The summed E-state index contributed by atoms with van der Waals surface area (Å²) in [5, 5.41) is 18.7. The van der Waals surface area contributed by atoms with Gasteiger partial charge < -0.3 is 10.2 Å². The molecule has 4 heteroatoms. The van der Waals surface area contributed by atoms with Crippen LogP contribution in [0.2, 0.25) is 0 Å². The van der Waals surface area contributed by atoms with Crippen LogP contribution in [-0.4, -0.2) is 40.0 Å². The zero-order valence-corrected chi connectivity index (χ0v) is 11.5. The van der Waals surface area contributed by atoms with Crippen molar-refractivity contribution in [1.82, 2.24) is 4.90 Å². The van der Waals surface area contributed by atoms with Gasteiger partial charge in [-0.1, -0.05) is 13.8 Å². The molecule has 0 radical (unpaired) electrons. The van der Waals surface area contributed by atoms with Crippen molar-refractivity contribution < 1.29 is 15.0 Å². The zero-order chi connectivity index (χ0) is 14.0. The first-order chi connectivity index (χ1) is 8.99. The van der Waals surface area contributed by atoms with E-state index in [1.807, 2.05) is 0 Å². The third kappa shape index (κ3) is 3.07. The number of rotatable bonds is 4. The van der Waals surface area contributed by atoms with Gasteiger partial charge in [-0.05, 0) is 43.5 Å². The average Bonchev–Trinajstić information content (AvgIpc) is 2.80. The van der Waals surface area contributed by atoms with E-state index in [2.05, 4.69) is 18.7 Å². The molecule has 0 aliphatic carbocycles. The van der Waals surface area contributed by atoms with Gasteiger partial charge in [0, 0.05) is 11.6 Å². The Balaban J connectivity index is 2.06. The van der Waals surface area contributed by atoms with Crippen LogP contribution in [0.4, 0.5) is 0 Å². The number of phenols is 2. The lowest BCUT2D eigenvalue weighted by Gasteiger charge is -2.26. The molecule has 1 unspecified atom stereocenters. The molecule has 1 atom stereocenters. The van der Waals surface area contributed by atoms with Crippen molar-refractivity contribution in [2.45, 2.75) is 32.7 Å². The molecule has 1 saturated heterocycles. The van der Waals surface area contributed by atoms with E-state index in [1.165, 1.54) is 12.1 Å². The van der Waals surface area contributed by atoms with Crippen LogP contribution in [0, 0.1) is 5.92 Å². The zero-order valence-electron chi connectivity index (χ0n) is 11.5. The van der Waals surface area contributed by atoms with Crippen LogP contribution in [0.25, 0.3) is 0 Å². The van der Waals surface area contributed by atoms with Gasteiger partial charge in [0.1, 0.15) is 0 Å². The normalized spacial score (nSPS) is 20.1. The molecule has 1 fully saturated rings. The van der Waals surface area contributed by atoms with Crippen LogP contribution in [0.5, 0.6) is 11.5 Å². The van der Waals surface area contributed by atoms with Gasteiger partial charge in [-0.25, -0.2) is 0 Å². The van der Waals surface area contributed by atoms with Gasteiger partial charge in [-0.3, -0.25) is 9.69 Å². The highest BCUT2D eigenvalue weighted by Crippen LogP contribution is 2.27. The second-order valence-corrected chi connectivity index (χ2v) is 5.55. The van der Waals surface area contributed by atoms with Crippen LogP contribution in [-0.2, 0) is 0 Å². The van der Waals surface area contributed by atoms with E-state index in [4.69, 9.17) is 0 Å². The summed E-state index contributed by atoms with van der Waals surface area (Å²) < 4.78 is 0. The topological polar surface area (TPSA) is 60.8 Å². The second-order valence-electron chi connectivity index (χ2n) is 5.55. The molecule has 2 N–H and O–H groups in total. The van der Waals surface area contributed by atoms with Crippen molar-refractivity contribution in [1.29, 1.82) is 0 Å². The summed E-state index contributed by atoms with van der Waals surface area (Å²) >= 11 is 0. The van der Waals surface area contributed by atoms with Gasteiger partial charge in [0.05, 0.1) is 6.54 Å². The standard InChI is InChI=1S/C15H21NO3/c1-10(2)12-4-3-7-16(12)9-15(19)11-5-6-13(17)14(18)8-11/h5-6,8,10,12,17-18H,3-4,7,9H2,1-2H3. The van der Waals surface area contributed by atoms with Gasteiger partial charge >= 0.3 is 0 Å². The highest BCUT2D eigenvalue weighted by molar-refractivity contribution is 5.98. The van der Waals surface area contributed by atoms with Gasteiger partial charge in [-0.15, -0.1) is 0 Å². The Bertz CT molecular complexity index is 470. The summed E-state index contributed by atoms with van der Waals surface area (Å²) in [5.74, 6) is 0.0943. The third-order valence-electron chi connectivity index (χ3n) is 3.83. The van der Waals surface area contributed by atoms with Crippen molar-refractivity contribution in [2.24, 2.45) is 5.92 Å². The Hall–Kier alpha value is -1.55. The number of aromatic hydroxyl groups is 2. The summed E-state index contributed by atoms with van der Waals surface area (Å²) in [6.45, 7) is 5.70. The summed E-state index contributed by atoms with van der Waals surface area (Å²) in [6, 6.07) is 4.71. The van der Waals surface area contributed by atoms with E-state index in [0.717, 1.165) is 19.4 Å². The number of Topliss-reactive ketones (excluding diaryl/α,β-unsaturated/α-hetero) is 1. The van der Waals surface area contributed by atoms with Crippen molar-refractivity contribution in [3.63, 3.8) is 0 Å². The van der Waals surface area contributed by atoms with Gasteiger partial charge in [0.2, 0.25) is 0 Å². The van der Waals surface area contributed by atoms with Crippen molar-refractivity contribution in [3.05, 3.63) is 23.8 Å². The van der Waals surface area contributed by atoms with Crippen LogP contribution >= 0.6 is 0 Å². The lowest BCUT2D eigenvalue weighted by molar-refractivity contribution is 0.0903. The number of carbonyl (C=O) groups is 1.